The molecule has 2 saturated heterocycles. The number of piperidine rings is 1. The highest BCUT2D eigenvalue weighted by atomic mass is 16.5. The van der Waals surface area contributed by atoms with Gasteiger partial charge in [-0.15, -0.1) is 0 Å². The monoisotopic (exact) mass is 472 g/mol. The van der Waals surface area contributed by atoms with Gasteiger partial charge < -0.3 is 19.5 Å². The number of aryl methyl sites for hydroxylation is 1. The van der Waals surface area contributed by atoms with Crippen LogP contribution in [0.5, 0.6) is 0 Å². The third-order valence-electron chi connectivity index (χ3n) is 8.16. The molecule has 1 aliphatic carbocycles. The molecule has 34 heavy (non-hydrogen) atoms. The Hall–Kier alpha value is -2.35. The van der Waals surface area contributed by atoms with Crippen LogP contribution in [0.25, 0.3) is 0 Å². The molecule has 8 nitrogen and oxygen atoms in total. The number of H-pyrrole nitrogens is 1. The summed E-state index contributed by atoms with van der Waals surface area (Å²) < 4.78 is 4.85. The van der Waals surface area contributed by atoms with Gasteiger partial charge in [0.15, 0.2) is 0 Å². The number of rotatable bonds is 5. The van der Waals surface area contributed by atoms with E-state index < -0.39 is 5.97 Å². The maximum absolute atomic E-state index is 13.1. The first-order chi connectivity index (χ1) is 16.4. The number of likely N-dealkylation sites (tertiary alicyclic amines) is 1. The third kappa shape index (κ3) is 5.32. The Morgan fingerprint density at radius 2 is 1.53 bits per heavy atom. The van der Waals surface area contributed by atoms with Gasteiger partial charge in [-0.1, -0.05) is 19.3 Å². The number of carbonyl (C=O) groups excluding carboxylic acids is 3. The lowest BCUT2D eigenvalue weighted by molar-refractivity contribution is -0.134. The van der Waals surface area contributed by atoms with E-state index in [-0.39, 0.29) is 11.8 Å². The summed E-state index contributed by atoms with van der Waals surface area (Å²) in [5.41, 5.74) is 2.19. The topological polar surface area (TPSA) is 85.9 Å². The van der Waals surface area contributed by atoms with Crippen molar-refractivity contribution in [2.24, 2.45) is 5.92 Å². The first-order valence-electron chi connectivity index (χ1n) is 13.0. The number of hydrogen-bond donors (Lipinski definition) is 1. The number of nitrogens with one attached hydrogen (secondary N) is 1. The SMILES string of the molecule is COC(=O)c1c(C)[nH]c(C(=O)N2CCC(CC(=O)N3CCN(C4CCCCC4)CC3)CC2)c1C. The zero-order valence-corrected chi connectivity index (χ0v) is 21.0. The molecule has 0 atom stereocenters. The van der Waals surface area contributed by atoms with Gasteiger partial charge >= 0.3 is 5.97 Å². The lowest BCUT2D eigenvalue weighted by Gasteiger charge is -2.41. The molecule has 0 aromatic carbocycles. The maximum Gasteiger partial charge on any atom is 0.339 e. The normalized spacial score (nSPS) is 21.0. The number of nitrogens with zero attached hydrogens (tertiary/aromatic N) is 3. The molecule has 3 heterocycles. The molecule has 1 saturated carbocycles. The van der Waals surface area contributed by atoms with Crippen LogP contribution in [0.4, 0.5) is 0 Å². The number of methoxy groups -OCH3 is 1. The van der Waals surface area contributed by atoms with Gasteiger partial charge in [0.1, 0.15) is 5.69 Å². The van der Waals surface area contributed by atoms with Gasteiger partial charge in [0.25, 0.3) is 5.91 Å². The molecule has 0 radical (unpaired) electrons. The number of esters is 1. The van der Waals surface area contributed by atoms with E-state index in [0.717, 1.165) is 45.1 Å². The molecule has 3 aliphatic rings. The number of amides is 2. The molecule has 188 valence electrons. The number of hydrogen-bond acceptors (Lipinski definition) is 5. The van der Waals surface area contributed by atoms with Crippen molar-refractivity contribution in [3.8, 4) is 0 Å². The van der Waals surface area contributed by atoms with Gasteiger partial charge in [-0.2, -0.15) is 0 Å². The predicted octanol–water partition coefficient (Wildman–Crippen LogP) is 3.14. The van der Waals surface area contributed by atoms with Crippen LogP contribution in [-0.4, -0.2) is 89.9 Å². The average Bonchev–Trinajstić information content (AvgIpc) is 3.17. The molecule has 0 unspecified atom stereocenters. The second-order valence-electron chi connectivity index (χ2n) is 10.3. The van der Waals surface area contributed by atoms with Crippen molar-refractivity contribution >= 4 is 17.8 Å². The van der Waals surface area contributed by atoms with Crippen molar-refractivity contribution in [2.45, 2.75) is 71.3 Å². The summed E-state index contributed by atoms with van der Waals surface area (Å²) in [4.78, 5) is 47.6. The van der Waals surface area contributed by atoms with Crippen molar-refractivity contribution in [3.63, 3.8) is 0 Å². The Morgan fingerprint density at radius 1 is 0.882 bits per heavy atom. The lowest BCUT2D eigenvalue weighted by Crippen LogP contribution is -2.52. The summed E-state index contributed by atoms with van der Waals surface area (Å²) in [5, 5.41) is 0. The van der Waals surface area contributed by atoms with Crippen LogP contribution >= 0.6 is 0 Å². The lowest BCUT2D eigenvalue weighted by atomic mass is 9.92. The highest BCUT2D eigenvalue weighted by Gasteiger charge is 2.31. The summed E-state index contributed by atoms with van der Waals surface area (Å²) in [6.07, 6.45) is 8.95. The molecule has 0 spiro atoms. The van der Waals surface area contributed by atoms with Gasteiger partial charge in [-0.05, 0) is 51.0 Å². The summed E-state index contributed by atoms with van der Waals surface area (Å²) in [6.45, 7) is 8.54. The zero-order chi connectivity index (χ0) is 24.2. The van der Waals surface area contributed by atoms with Crippen molar-refractivity contribution in [2.75, 3.05) is 46.4 Å². The molecule has 8 heteroatoms. The number of ether oxygens (including phenoxy) is 1. The van der Waals surface area contributed by atoms with E-state index in [4.69, 9.17) is 4.74 Å². The minimum atomic E-state index is -0.429. The molecule has 0 bridgehead atoms. The van der Waals surface area contributed by atoms with Gasteiger partial charge in [0.2, 0.25) is 5.91 Å². The molecule has 1 aromatic heterocycles. The van der Waals surface area contributed by atoms with Crippen LogP contribution in [0.3, 0.4) is 0 Å². The first-order valence-corrected chi connectivity index (χ1v) is 13.0. The zero-order valence-electron chi connectivity index (χ0n) is 21.0. The van der Waals surface area contributed by atoms with Gasteiger partial charge in [0.05, 0.1) is 12.7 Å². The van der Waals surface area contributed by atoms with Crippen LogP contribution < -0.4 is 0 Å². The Morgan fingerprint density at radius 3 is 2.15 bits per heavy atom. The van der Waals surface area contributed by atoms with E-state index in [1.165, 1.54) is 39.2 Å². The summed E-state index contributed by atoms with van der Waals surface area (Å²) >= 11 is 0. The number of aromatic nitrogens is 1. The predicted molar refractivity (Wildman–Crippen MR) is 130 cm³/mol. The fourth-order valence-electron chi connectivity index (χ4n) is 6.03. The maximum atomic E-state index is 13.1. The van der Waals surface area contributed by atoms with Crippen molar-refractivity contribution in [1.29, 1.82) is 0 Å². The molecule has 1 aromatic rings. The highest BCUT2D eigenvalue weighted by molar-refractivity contribution is 6.00. The Bertz CT molecular complexity index is 889. The molecule has 2 aliphatic heterocycles. The van der Waals surface area contributed by atoms with E-state index >= 15 is 0 Å². The van der Waals surface area contributed by atoms with E-state index in [9.17, 15) is 14.4 Å². The van der Waals surface area contributed by atoms with Gasteiger partial charge in [-0.3, -0.25) is 14.5 Å². The molecule has 3 fully saturated rings. The number of aromatic amines is 1. The quantitative estimate of drug-likeness (QED) is 0.666. The molecule has 2 amide bonds. The van der Waals surface area contributed by atoms with E-state index in [0.29, 0.717) is 47.9 Å². The average molecular weight is 473 g/mol. The number of piperazine rings is 1. The molecular weight excluding hydrogens is 432 g/mol. The second kappa shape index (κ2) is 10.9. The Kier molecular flexibility index (Phi) is 7.96. The fraction of sp³-hybridized carbons (Fsp3) is 0.731. The first kappa shape index (κ1) is 24.8. The summed E-state index contributed by atoms with van der Waals surface area (Å²) in [5.74, 6) is 0.0816. The van der Waals surface area contributed by atoms with Crippen LogP contribution in [0.2, 0.25) is 0 Å². The van der Waals surface area contributed by atoms with Crippen LogP contribution in [0.15, 0.2) is 0 Å². The summed E-state index contributed by atoms with van der Waals surface area (Å²) in [7, 11) is 1.35. The molecular formula is C26H40N4O4. The van der Waals surface area contributed by atoms with Crippen LogP contribution in [0.1, 0.15) is 83.5 Å². The minimum absolute atomic E-state index is 0.0839. The largest absolute Gasteiger partial charge is 0.465 e. The van der Waals surface area contributed by atoms with E-state index in [2.05, 4.69) is 14.8 Å². The standard InChI is InChI=1S/C26H40N4O4/c1-18-23(26(33)34-3)19(2)27-24(18)25(32)30-11-9-20(10-12-30)17-22(31)29-15-13-28(14-16-29)21-7-5-4-6-8-21/h20-21,27H,4-17H2,1-3H3. The van der Waals surface area contributed by atoms with E-state index in [1.54, 1.807) is 13.8 Å². The van der Waals surface area contributed by atoms with Crippen molar-refractivity contribution in [1.82, 2.24) is 19.7 Å². The minimum Gasteiger partial charge on any atom is -0.465 e. The molecule has 4 rings (SSSR count). The van der Waals surface area contributed by atoms with Crippen molar-refractivity contribution < 1.29 is 19.1 Å². The van der Waals surface area contributed by atoms with Crippen LogP contribution in [0, 0.1) is 19.8 Å². The number of carbonyl (C=O) groups is 3. The second-order valence-corrected chi connectivity index (χ2v) is 10.3. The Labute approximate surface area is 203 Å². The highest BCUT2D eigenvalue weighted by Crippen LogP contribution is 2.27. The van der Waals surface area contributed by atoms with Crippen molar-refractivity contribution in [3.05, 3.63) is 22.5 Å². The Balaban J connectivity index is 1.24. The smallest absolute Gasteiger partial charge is 0.339 e. The third-order valence-corrected chi connectivity index (χ3v) is 8.16. The van der Waals surface area contributed by atoms with E-state index in [1.807, 2.05) is 4.90 Å². The summed E-state index contributed by atoms with van der Waals surface area (Å²) in [6, 6.07) is 0.726. The van der Waals surface area contributed by atoms with Crippen LogP contribution in [-0.2, 0) is 9.53 Å². The van der Waals surface area contributed by atoms with Gasteiger partial charge in [0, 0.05) is 57.4 Å². The van der Waals surface area contributed by atoms with Gasteiger partial charge in [-0.25, -0.2) is 4.79 Å². The fourth-order valence-corrected chi connectivity index (χ4v) is 6.03. The molecule has 1 N–H and O–H groups in total.